The average molecular weight is 257 g/mol. The van der Waals surface area contributed by atoms with Crippen molar-refractivity contribution in [2.24, 2.45) is 5.92 Å². The molecule has 1 fully saturated rings. The maximum atomic E-state index is 11.9. The Morgan fingerprint density at radius 1 is 1.50 bits per heavy atom. The number of rotatable bonds is 3. The molecule has 7 nitrogen and oxygen atoms in total. The van der Waals surface area contributed by atoms with Crippen LogP contribution in [0.25, 0.3) is 0 Å². The van der Waals surface area contributed by atoms with Crippen LogP contribution in [0.4, 0.5) is 4.79 Å². The fraction of sp³-hybridized carbons (Fsp3) is 0.727. The topological polar surface area (TPSA) is 98.7 Å². The molecule has 3 N–H and O–H groups in total. The van der Waals surface area contributed by atoms with E-state index in [1.54, 1.807) is 20.8 Å². The number of nitrogens with one attached hydrogen (secondary N) is 2. The van der Waals surface area contributed by atoms with E-state index in [1.807, 2.05) is 0 Å². The highest BCUT2D eigenvalue weighted by atomic mass is 16.4. The number of nitrogens with zero attached hydrogens (tertiary/aromatic N) is 1. The minimum absolute atomic E-state index is 0.222. The molecule has 1 saturated heterocycles. The molecule has 3 amide bonds. The lowest BCUT2D eigenvalue weighted by molar-refractivity contribution is -0.140. The van der Waals surface area contributed by atoms with Crippen LogP contribution in [-0.4, -0.2) is 53.1 Å². The predicted octanol–water partition coefficient (Wildman–Crippen LogP) is -0.374. The van der Waals surface area contributed by atoms with Gasteiger partial charge in [0.05, 0.1) is 0 Å². The van der Waals surface area contributed by atoms with Crippen molar-refractivity contribution in [3.05, 3.63) is 0 Å². The van der Waals surface area contributed by atoms with Gasteiger partial charge >= 0.3 is 12.0 Å². The van der Waals surface area contributed by atoms with Gasteiger partial charge in [-0.25, -0.2) is 9.59 Å². The Morgan fingerprint density at radius 2 is 2.11 bits per heavy atom. The van der Waals surface area contributed by atoms with Crippen molar-refractivity contribution in [1.29, 1.82) is 0 Å². The highest BCUT2D eigenvalue weighted by Crippen LogP contribution is 2.07. The van der Waals surface area contributed by atoms with E-state index >= 15 is 0 Å². The van der Waals surface area contributed by atoms with Gasteiger partial charge in [0.1, 0.15) is 12.1 Å². The van der Waals surface area contributed by atoms with E-state index in [1.165, 1.54) is 4.90 Å². The number of carbonyl (C=O) groups is 3. The quantitative estimate of drug-likeness (QED) is 0.642. The summed E-state index contributed by atoms with van der Waals surface area (Å²) < 4.78 is 0. The van der Waals surface area contributed by atoms with Crippen LogP contribution in [0.5, 0.6) is 0 Å². The molecule has 0 bridgehead atoms. The summed E-state index contributed by atoms with van der Waals surface area (Å²) in [5.41, 5.74) is 0. The predicted molar refractivity (Wildman–Crippen MR) is 64.0 cm³/mol. The summed E-state index contributed by atoms with van der Waals surface area (Å²) in [4.78, 5) is 35.7. The Bertz CT molecular complexity index is 356. The molecule has 0 aromatic carbocycles. The fourth-order valence-corrected chi connectivity index (χ4v) is 1.79. The third kappa shape index (κ3) is 3.12. The number of aliphatic carboxylic acids is 1. The van der Waals surface area contributed by atoms with Crippen molar-refractivity contribution >= 4 is 17.9 Å². The number of carboxylic acid groups (broad SMARTS) is 1. The SMILES string of the molecule is CC(C)C(NC(=O)N1CCNC(=O)C1C)C(=O)O. The van der Waals surface area contributed by atoms with Crippen LogP contribution >= 0.6 is 0 Å². The molecule has 0 aromatic rings. The molecule has 1 aliphatic rings. The van der Waals surface area contributed by atoms with Crippen molar-refractivity contribution in [1.82, 2.24) is 15.5 Å². The van der Waals surface area contributed by atoms with E-state index in [0.29, 0.717) is 13.1 Å². The smallest absolute Gasteiger partial charge is 0.326 e. The second-order valence-corrected chi connectivity index (χ2v) is 4.67. The number of carboxylic acids is 1. The summed E-state index contributed by atoms with van der Waals surface area (Å²) in [5, 5.41) is 14.1. The third-order valence-electron chi connectivity index (χ3n) is 2.97. The zero-order chi connectivity index (χ0) is 13.9. The molecule has 0 spiro atoms. The minimum Gasteiger partial charge on any atom is -0.480 e. The summed E-state index contributed by atoms with van der Waals surface area (Å²) in [6.07, 6.45) is 0. The standard InChI is InChI=1S/C11H19N3O4/c1-6(2)8(10(16)17)13-11(18)14-5-4-12-9(15)7(14)3/h6-8H,4-5H2,1-3H3,(H,12,15)(H,13,18)(H,16,17). The normalized spacial score (nSPS) is 21.4. The summed E-state index contributed by atoms with van der Waals surface area (Å²) >= 11 is 0. The Labute approximate surface area is 106 Å². The molecule has 0 aliphatic carbocycles. The number of piperazine rings is 1. The maximum absolute atomic E-state index is 11.9. The van der Waals surface area contributed by atoms with Crippen molar-refractivity contribution in [3.63, 3.8) is 0 Å². The van der Waals surface area contributed by atoms with Crippen LogP contribution in [0.1, 0.15) is 20.8 Å². The zero-order valence-corrected chi connectivity index (χ0v) is 10.8. The summed E-state index contributed by atoms with van der Waals surface area (Å²) in [6.45, 7) is 5.80. The Kier molecular flexibility index (Phi) is 4.52. The van der Waals surface area contributed by atoms with Crippen LogP contribution in [-0.2, 0) is 9.59 Å². The van der Waals surface area contributed by atoms with Gasteiger partial charge in [0.15, 0.2) is 0 Å². The monoisotopic (exact) mass is 257 g/mol. The van der Waals surface area contributed by atoms with Crippen LogP contribution in [0.3, 0.4) is 0 Å². The molecule has 7 heteroatoms. The van der Waals surface area contributed by atoms with Gasteiger partial charge in [0.2, 0.25) is 5.91 Å². The van der Waals surface area contributed by atoms with Gasteiger partial charge in [-0.1, -0.05) is 13.8 Å². The third-order valence-corrected chi connectivity index (χ3v) is 2.97. The summed E-state index contributed by atoms with van der Waals surface area (Å²) in [6, 6.07) is -2.05. The molecule has 2 unspecified atom stereocenters. The first-order valence-electron chi connectivity index (χ1n) is 5.92. The van der Waals surface area contributed by atoms with Crippen molar-refractivity contribution < 1.29 is 19.5 Å². The maximum Gasteiger partial charge on any atom is 0.326 e. The molecule has 18 heavy (non-hydrogen) atoms. The number of amides is 3. The minimum atomic E-state index is -1.08. The van der Waals surface area contributed by atoms with Gasteiger partial charge in [-0.15, -0.1) is 0 Å². The van der Waals surface area contributed by atoms with Gasteiger partial charge in [0.25, 0.3) is 0 Å². The van der Waals surface area contributed by atoms with Crippen molar-refractivity contribution in [3.8, 4) is 0 Å². The largest absolute Gasteiger partial charge is 0.480 e. The summed E-state index contributed by atoms with van der Waals surface area (Å²) in [5.74, 6) is -1.53. The Morgan fingerprint density at radius 3 is 2.61 bits per heavy atom. The molecule has 0 saturated carbocycles. The second-order valence-electron chi connectivity index (χ2n) is 4.67. The van der Waals surface area contributed by atoms with Crippen molar-refractivity contribution in [2.45, 2.75) is 32.9 Å². The van der Waals surface area contributed by atoms with E-state index in [-0.39, 0.29) is 11.8 Å². The van der Waals surface area contributed by atoms with Gasteiger partial charge < -0.3 is 20.6 Å². The molecular weight excluding hydrogens is 238 g/mol. The van der Waals surface area contributed by atoms with E-state index in [2.05, 4.69) is 10.6 Å². The number of hydrogen-bond donors (Lipinski definition) is 3. The first-order chi connectivity index (χ1) is 8.34. The highest BCUT2D eigenvalue weighted by molar-refractivity contribution is 5.89. The van der Waals surface area contributed by atoms with Crippen LogP contribution in [0.2, 0.25) is 0 Å². The van der Waals surface area contributed by atoms with Gasteiger partial charge in [-0.05, 0) is 12.8 Å². The van der Waals surface area contributed by atoms with E-state index in [4.69, 9.17) is 5.11 Å². The van der Waals surface area contributed by atoms with E-state index < -0.39 is 24.1 Å². The van der Waals surface area contributed by atoms with Gasteiger partial charge in [-0.3, -0.25) is 4.79 Å². The van der Waals surface area contributed by atoms with E-state index in [0.717, 1.165) is 0 Å². The lowest BCUT2D eigenvalue weighted by atomic mass is 10.1. The first kappa shape index (κ1) is 14.3. The molecule has 0 aromatic heterocycles. The van der Waals surface area contributed by atoms with E-state index in [9.17, 15) is 14.4 Å². The molecule has 1 heterocycles. The Balaban J connectivity index is 2.69. The molecule has 1 rings (SSSR count). The van der Waals surface area contributed by atoms with Crippen LogP contribution in [0.15, 0.2) is 0 Å². The lowest BCUT2D eigenvalue weighted by Crippen LogP contribution is -2.60. The van der Waals surface area contributed by atoms with Crippen LogP contribution in [0, 0.1) is 5.92 Å². The van der Waals surface area contributed by atoms with Crippen molar-refractivity contribution in [2.75, 3.05) is 13.1 Å². The molecule has 102 valence electrons. The molecular formula is C11H19N3O4. The van der Waals surface area contributed by atoms with Gasteiger partial charge in [0, 0.05) is 13.1 Å². The molecule has 2 atom stereocenters. The van der Waals surface area contributed by atoms with Gasteiger partial charge in [-0.2, -0.15) is 0 Å². The average Bonchev–Trinajstić information content (AvgIpc) is 2.28. The first-order valence-corrected chi connectivity index (χ1v) is 5.92. The molecule has 0 radical (unpaired) electrons. The lowest BCUT2D eigenvalue weighted by Gasteiger charge is -2.34. The Hall–Kier alpha value is -1.79. The fourth-order valence-electron chi connectivity index (χ4n) is 1.79. The molecule has 1 aliphatic heterocycles. The number of carbonyl (C=O) groups excluding carboxylic acids is 2. The zero-order valence-electron chi connectivity index (χ0n) is 10.8. The number of hydrogen-bond acceptors (Lipinski definition) is 3. The second kappa shape index (κ2) is 5.70. The van der Waals surface area contributed by atoms with Crippen LogP contribution < -0.4 is 10.6 Å². The number of urea groups is 1. The summed E-state index contributed by atoms with van der Waals surface area (Å²) in [7, 11) is 0. The highest BCUT2D eigenvalue weighted by Gasteiger charge is 2.32.